The zero-order valence-corrected chi connectivity index (χ0v) is 16.9. The molecule has 0 fully saturated rings. The number of furan rings is 1. The van der Waals surface area contributed by atoms with Crippen molar-refractivity contribution in [3.63, 3.8) is 0 Å². The van der Waals surface area contributed by atoms with Gasteiger partial charge >= 0.3 is 0 Å². The van der Waals surface area contributed by atoms with Crippen LogP contribution in [0.4, 0.5) is 4.39 Å². The fourth-order valence-electron chi connectivity index (χ4n) is 2.62. The molecule has 0 aliphatic rings. The van der Waals surface area contributed by atoms with Gasteiger partial charge in [0.15, 0.2) is 17.5 Å². The van der Waals surface area contributed by atoms with Crippen molar-refractivity contribution in [3.05, 3.63) is 65.2 Å². The fourth-order valence-corrected chi connectivity index (χ4v) is 2.62. The Morgan fingerprint density at radius 1 is 1.15 bits per heavy atom. The number of nitrogens with zero attached hydrogens (tertiary/aromatic N) is 1. The molecule has 0 spiro atoms. The van der Waals surface area contributed by atoms with Crippen LogP contribution in [0.5, 0.6) is 5.75 Å². The average Bonchev–Trinajstić information content (AvgIpc) is 2.94. The van der Waals surface area contributed by atoms with Gasteiger partial charge in [0.25, 0.3) is 0 Å². The van der Waals surface area contributed by atoms with Crippen LogP contribution in [0, 0.1) is 12.7 Å². The molecular weight excluding hydrogens is 448 g/mol. The molecule has 0 aliphatic carbocycles. The van der Waals surface area contributed by atoms with Gasteiger partial charge in [-0.15, -0.1) is 24.0 Å². The van der Waals surface area contributed by atoms with Crippen LogP contribution in [-0.2, 0) is 13.1 Å². The molecule has 0 aliphatic heterocycles. The molecule has 3 rings (SSSR count). The number of guanidine groups is 1. The number of nitrogens with one attached hydrogen (secondary N) is 2. The number of aryl methyl sites for hydroxylation is 1. The van der Waals surface area contributed by atoms with E-state index in [9.17, 15) is 9.50 Å². The molecule has 0 bridgehead atoms. The van der Waals surface area contributed by atoms with Crippen LogP contribution in [0.1, 0.15) is 16.9 Å². The molecule has 1 heterocycles. The second-order valence-corrected chi connectivity index (χ2v) is 5.71. The smallest absolute Gasteiger partial charge is 0.191 e. The molecule has 2 aromatic carbocycles. The summed E-state index contributed by atoms with van der Waals surface area (Å²) in [5.74, 6) is 0.430. The van der Waals surface area contributed by atoms with E-state index in [0.717, 1.165) is 22.3 Å². The van der Waals surface area contributed by atoms with Gasteiger partial charge in [-0.3, -0.25) is 4.99 Å². The fraction of sp³-hybridized carbons (Fsp3) is 0.211. The van der Waals surface area contributed by atoms with Crippen LogP contribution in [0.25, 0.3) is 11.0 Å². The first-order valence-corrected chi connectivity index (χ1v) is 7.97. The van der Waals surface area contributed by atoms with E-state index in [1.54, 1.807) is 13.1 Å². The van der Waals surface area contributed by atoms with Crippen molar-refractivity contribution >= 4 is 40.9 Å². The predicted molar refractivity (Wildman–Crippen MR) is 111 cm³/mol. The highest BCUT2D eigenvalue weighted by Crippen LogP contribution is 2.24. The molecule has 7 heteroatoms. The lowest BCUT2D eigenvalue weighted by molar-refractivity contribution is 0.431. The maximum Gasteiger partial charge on any atom is 0.191 e. The molecule has 3 aromatic rings. The molecule has 0 unspecified atom stereocenters. The standard InChI is InChI=1S/C19H20FN3O2.HI/c1-12-14-5-3-4-6-17(14)25-18(12)11-23-19(21-2)22-10-13-7-8-16(24)15(20)9-13;/h3-9,24H,10-11H2,1-2H3,(H2,21,22,23);1H. The Morgan fingerprint density at radius 3 is 2.58 bits per heavy atom. The van der Waals surface area contributed by atoms with Crippen molar-refractivity contribution in [2.75, 3.05) is 7.05 Å². The first-order chi connectivity index (χ1) is 12.1. The van der Waals surface area contributed by atoms with Crippen LogP contribution in [0.2, 0.25) is 0 Å². The minimum atomic E-state index is -0.639. The van der Waals surface area contributed by atoms with E-state index >= 15 is 0 Å². The van der Waals surface area contributed by atoms with Crippen molar-refractivity contribution in [2.24, 2.45) is 4.99 Å². The van der Waals surface area contributed by atoms with Crippen LogP contribution in [0.15, 0.2) is 51.9 Å². The SMILES string of the molecule is CN=C(NCc1ccc(O)c(F)c1)NCc1oc2ccccc2c1C.I. The first kappa shape index (κ1) is 20.0. The number of hydrogen-bond donors (Lipinski definition) is 3. The first-order valence-electron chi connectivity index (χ1n) is 7.97. The number of phenolic OH excluding ortho intramolecular Hbond substituents is 1. The lowest BCUT2D eigenvalue weighted by Gasteiger charge is -2.11. The number of aliphatic imine (C=N–C) groups is 1. The third-order valence-electron chi connectivity index (χ3n) is 4.05. The van der Waals surface area contributed by atoms with E-state index in [4.69, 9.17) is 4.42 Å². The average molecular weight is 469 g/mol. The van der Waals surface area contributed by atoms with E-state index in [-0.39, 0.29) is 29.7 Å². The summed E-state index contributed by atoms with van der Waals surface area (Å²) in [7, 11) is 1.66. The van der Waals surface area contributed by atoms with Gasteiger partial charge in [-0.25, -0.2) is 4.39 Å². The molecule has 5 nitrogen and oxygen atoms in total. The molecule has 0 atom stereocenters. The lowest BCUT2D eigenvalue weighted by Crippen LogP contribution is -2.36. The predicted octanol–water partition coefficient (Wildman–Crippen LogP) is 4.07. The Kier molecular flexibility index (Phi) is 6.84. The van der Waals surface area contributed by atoms with Gasteiger partial charge < -0.3 is 20.2 Å². The van der Waals surface area contributed by atoms with Gasteiger partial charge in [-0.05, 0) is 30.7 Å². The summed E-state index contributed by atoms with van der Waals surface area (Å²) < 4.78 is 19.2. The summed E-state index contributed by atoms with van der Waals surface area (Å²) in [6, 6.07) is 12.2. The Hall–Kier alpha value is -2.29. The van der Waals surface area contributed by atoms with E-state index in [2.05, 4.69) is 15.6 Å². The number of aromatic hydroxyl groups is 1. The zero-order chi connectivity index (χ0) is 17.8. The summed E-state index contributed by atoms with van der Waals surface area (Å²) >= 11 is 0. The summed E-state index contributed by atoms with van der Waals surface area (Å²) in [5, 5.41) is 16.6. The van der Waals surface area contributed by atoms with Crippen LogP contribution in [-0.4, -0.2) is 18.1 Å². The number of para-hydroxylation sites is 1. The summed E-state index contributed by atoms with van der Waals surface area (Å²) in [6.45, 7) is 2.90. The van der Waals surface area contributed by atoms with Gasteiger partial charge in [0.05, 0.1) is 6.54 Å². The molecule has 0 saturated heterocycles. The highest BCUT2D eigenvalue weighted by Gasteiger charge is 2.10. The van der Waals surface area contributed by atoms with Crippen molar-refractivity contribution in [1.29, 1.82) is 0 Å². The van der Waals surface area contributed by atoms with Crippen LogP contribution < -0.4 is 10.6 Å². The highest BCUT2D eigenvalue weighted by molar-refractivity contribution is 14.0. The van der Waals surface area contributed by atoms with E-state index in [0.29, 0.717) is 24.6 Å². The van der Waals surface area contributed by atoms with Crippen LogP contribution >= 0.6 is 24.0 Å². The Bertz CT molecular complexity index is 924. The molecule has 3 N–H and O–H groups in total. The van der Waals surface area contributed by atoms with Crippen LogP contribution in [0.3, 0.4) is 0 Å². The van der Waals surface area contributed by atoms with E-state index in [1.165, 1.54) is 12.1 Å². The number of rotatable bonds is 4. The lowest BCUT2D eigenvalue weighted by atomic mass is 10.1. The van der Waals surface area contributed by atoms with Gasteiger partial charge in [-0.1, -0.05) is 24.3 Å². The summed E-state index contributed by atoms with van der Waals surface area (Å²) in [6.07, 6.45) is 0. The van der Waals surface area contributed by atoms with Crippen molar-refractivity contribution in [1.82, 2.24) is 10.6 Å². The van der Waals surface area contributed by atoms with E-state index in [1.807, 2.05) is 31.2 Å². The molecule has 138 valence electrons. The molecule has 0 amide bonds. The highest BCUT2D eigenvalue weighted by atomic mass is 127. The van der Waals surface area contributed by atoms with Gasteiger partial charge in [0.1, 0.15) is 11.3 Å². The summed E-state index contributed by atoms with van der Waals surface area (Å²) in [5.41, 5.74) is 2.66. The molecule has 1 aromatic heterocycles. The number of hydrogen-bond acceptors (Lipinski definition) is 3. The van der Waals surface area contributed by atoms with Gasteiger partial charge in [0, 0.05) is 24.5 Å². The monoisotopic (exact) mass is 469 g/mol. The number of benzene rings is 2. The minimum absolute atomic E-state index is 0. The van der Waals surface area contributed by atoms with Gasteiger partial charge in [0.2, 0.25) is 0 Å². The van der Waals surface area contributed by atoms with E-state index < -0.39 is 5.82 Å². The third-order valence-corrected chi connectivity index (χ3v) is 4.05. The third kappa shape index (κ3) is 4.46. The topological polar surface area (TPSA) is 69.8 Å². The number of fused-ring (bicyclic) bond motifs is 1. The minimum Gasteiger partial charge on any atom is -0.505 e. The van der Waals surface area contributed by atoms with Crippen molar-refractivity contribution in [2.45, 2.75) is 20.0 Å². The molecule has 0 radical (unpaired) electrons. The Labute approximate surface area is 168 Å². The van der Waals surface area contributed by atoms with Crippen molar-refractivity contribution in [3.8, 4) is 5.75 Å². The largest absolute Gasteiger partial charge is 0.505 e. The Morgan fingerprint density at radius 2 is 1.88 bits per heavy atom. The second-order valence-electron chi connectivity index (χ2n) is 5.71. The quantitative estimate of drug-likeness (QED) is 0.306. The van der Waals surface area contributed by atoms with Gasteiger partial charge in [-0.2, -0.15) is 0 Å². The number of halogens is 2. The maximum atomic E-state index is 13.4. The molecular formula is C19H21FIN3O2. The summed E-state index contributed by atoms with van der Waals surface area (Å²) in [4.78, 5) is 4.15. The molecule has 26 heavy (non-hydrogen) atoms. The zero-order valence-electron chi connectivity index (χ0n) is 14.5. The molecule has 0 saturated carbocycles. The normalized spacial score (nSPS) is 11.3. The Balaban J connectivity index is 0.00000243. The van der Waals surface area contributed by atoms with Crippen molar-refractivity contribution < 1.29 is 13.9 Å². The number of phenols is 1. The second kappa shape index (κ2) is 8.88. The maximum absolute atomic E-state index is 13.4.